The van der Waals surface area contributed by atoms with Gasteiger partial charge in [-0.15, -0.1) is 0 Å². The highest BCUT2D eigenvalue weighted by atomic mass is 16.4. The zero-order valence-corrected chi connectivity index (χ0v) is 10.1. The van der Waals surface area contributed by atoms with Crippen molar-refractivity contribution in [3.05, 3.63) is 12.4 Å². The number of aryl methyl sites for hydroxylation is 1. The monoisotopic (exact) mass is 237 g/mol. The van der Waals surface area contributed by atoms with Crippen molar-refractivity contribution in [1.82, 2.24) is 9.55 Å². The van der Waals surface area contributed by atoms with Gasteiger partial charge in [0.25, 0.3) is 0 Å². The maximum Gasteiger partial charge on any atom is 0.308 e. The molecule has 1 aliphatic rings. The fraction of sp³-hybridized carbons (Fsp3) is 0.667. The number of anilines is 1. The lowest BCUT2D eigenvalue weighted by atomic mass is 9.95. The molecule has 0 aliphatic heterocycles. The molecule has 2 N–H and O–H groups in total. The molecule has 1 heterocycles. The van der Waals surface area contributed by atoms with Crippen molar-refractivity contribution < 1.29 is 9.90 Å². The van der Waals surface area contributed by atoms with E-state index in [1.807, 2.05) is 17.8 Å². The molecule has 0 spiro atoms. The Morgan fingerprint density at radius 2 is 2.24 bits per heavy atom. The molecular weight excluding hydrogens is 218 g/mol. The van der Waals surface area contributed by atoms with Gasteiger partial charge >= 0.3 is 5.97 Å². The van der Waals surface area contributed by atoms with Crippen LogP contribution in [-0.2, 0) is 11.8 Å². The Kier molecular flexibility index (Phi) is 3.66. The second-order valence-corrected chi connectivity index (χ2v) is 4.70. The Morgan fingerprint density at radius 1 is 1.47 bits per heavy atom. The van der Waals surface area contributed by atoms with E-state index in [1.165, 1.54) is 0 Å². The summed E-state index contributed by atoms with van der Waals surface area (Å²) in [6.07, 6.45) is 8.47. The number of nitrogens with zero attached hydrogens (tertiary/aromatic N) is 2. The number of nitrogens with one attached hydrogen (secondary N) is 1. The number of carboxylic acid groups (broad SMARTS) is 1. The van der Waals surface area contributed by atoms with Gasteiger partial charge in [-0.25, -0.2) is 4.98 Å². The van der Waals surface area contributed by atoms with E-state index < -0.39 is 5.97 Å². The van der Waals surface area contributed by atoms with E-state index in [2.05, 4.69) is 10.3 Å². The van der Waals surface area contributed by atoms with Crippen LogP contribution in [0.25, 0.3) is 0 Å². The van der Waals surface area contributed by atoms with Crippen LogP contribution >= 0.6 is 0 Å². The van der Waals surface area contributed by atoms with Gasteiger partial charge in [-0.1, -0.05) is 19.3 Å². The maximum atomic E-state index is 11.3. The van der Waals surface area contributed by atoms with Crippen LogP contribution in [0.4, 0.5) is 5.95 Å². The molecule has 1 aromatic heterocycles. The van der Waals surface area contributed by atoms with Gasteiger partial charge in [-0.05, 0) is 12.8 Å². The Bertz CT molecular complexity index is 389. The molecule has 1 aromatic rings. The highest BCUT2D eigenvalue weighted by Gasteiger charge is 2.29. The maximum absolute atomic E-state index is 11.3. The minimum atomic E-state index is -0.696. The summed E-state index contributed by atoms with van der Waals surface area (Å²) in [5.74, 6) is -0.240. The number of carboxylic acids is 1. The van der Waals surface area contributed by atoms with Gasteiger partial charge in [-0.3, -0.25) is 4.79 Å². The number of aliphatic carboxylic acids is 1. The Labute approximate surface area is 101 Å². The average molecular weight is 237 g/mol. The van der Waals surface area contributed by atoms with Crippen LogP contribution in [0.1, 0.15) is 32.1 Å². The van der Waals surface area contributed by atoms with E-state index in [1.54, 1.807) is 6.20 Å². The molecule has 94 valence electrons. The molecule has 1 saturated carbocycles. The Balaban J connectivity index is 2.10. The van der Waals surface area contributed by atoms with Crippen molar-refractivity contribution >= 4 is 11.9 Å². The second-order valence-electron chi connectivity index (χ2n) is 4.70. The van der Waals surface area contributed by atoms with Crippen LogP contribution in [0.5, 0.6) is 0 Å². The number of hydrogen-bond donors (Lipinski definition) is 2. The van der Waals surface area contributed by atoms with Crippen LogP contribution in [0, 0.1) is 5.92 Å². The first kappa shape index (κ1) is 12.0. The van der Waals surface area contributed by atoms with Crippen molar-refractivity contribution in [3.63, 3.8) is 0 Å². The number of aromatic nitrogens is 2. The van der Waals surface area contributed by atoms with E-state index >= 15 is 0 Å². The van der Waals surface area contributed by atoms with E-state index in [-0.39, 0.29) is 12.0 Å². The molecule has 0 amide bonds. The molecular formula is C12H19N3O2. The smallest absolute Gasteiger partial charge is 0.308 e. The summed E-state index contributed by atoms with van der Waals surface area (Å²) in [5.41, 5.74) is 0. The predicted octanol–water partition coefficient (Wildman–Crippen LogP) is 1.87. The van der Waals surface area contributed by atoms with Crippen LogP contribution in [0.2, 0.25) is 0 Å². The molecule has 5 nitrogen and oxygen atoms in total. The topological polar surface area (TPSA) is 67.2 Å². The van der Waals surface area contributed by atoms with Crippen LogP contribution in [0.15, 0.2) is 12.4 Å². The average Bonchev–Trinajstić information content (AvgIpc) is 2.55. The van der Waals surface area contributed by atoms with Gasteiger partial charge in [-0.2, -0.15) is 0 Å². The zero-order valence-electron chi connectivity index (χ0n) is 10.1. The Morgan fingerprint density at radius 3 is 2.88 bits per heavy atom. The summed E-state index contributed by atoms with van der Waals surface area (Å²) in [6.45, 7) is 0. The molecule has 0 bridgehead atoms. The lowest BCUT2D eigenvalue weighted by molar-refractivity contribution is -0.142. The quantitative estimate of drug-likeness (QED) is 0.787. The van der Waals surface area contributed by atoms with Crippen molar-refractivity contribution in [3.8, 4) is 0 Å². The van der Waals surface area contributed by atoms with Crippen molar-refractivity contribution in [2.45, 2.75) is 38.1 Å². The molecule has 2 rings (SSSR count). The third-order valence-corrected chi connectivity index (χ3v) is 3.47. The minimum absolute atomic E-state index is 0.00361. The van der Waals surface area contributed by atoms with Gasteiger partial charge in [0, 0.05) is 25.5 Å². The van der Waals surface area contributed by atoms with E-state index in [4.69, 9.17) is 0 Å². The third-order valence-electron chi connectivity index (χ3n) is 3.47. The van der Waals surface area contributed by atoms with E-state index in [0.29, 0.717) is 0 Å². The number of carbonyl (C=O) groups is 1. The summed E-state index contributed by atoms with van der Waals surface area (Å²) >= 11 is 0. The number of rotatable bonds is 3. The standard InChI is InChI=1S/C12H19N3O2/c1-15-8-7-13-12(15)14-10-6-4-2-3-5-9(10)11(16)17/h7-10H,2-6H2,1H3,(H,13,14)(H,16,17). The van der Waals surface area contributed by atoms with Crippen LogP contribution in [0.3, 0.4) is 0 Å². The highest BCUT2D eigenvalue weighted by Crippen LogP contribution is 2.26. The normalized spacial score (nSPS) is 25.2. The fourth-order valence-corrected chi connectivity index (χ4v) is 2.45. The number of hydrogen-bond acceptors (Lipinski definition) is 3. The molecule has 5 heteroatoms. The molecule has 2 atom stereocenters. The third kappa shape index (κ3) is 2.78. The molecule has 0 saturated heterocycles. The molecule has 0 aromatic carbocycles. The van der Waals surface area contributed by atoms with Crippen molar-refractivity contribution in [2.75, 3.05) is 5.32 Å². The zero-order chi connectivity index (χ0) is 12.3. The fourth-order valence-electron chi connectivity index (χ4n) is 2.45. The first-order valence-corrected chi connectivity index (χ1v) is 6.15. The summed E-state index contributed by atoms with van der Waals surface area (Å²) in [5, 5.41) is 12.5. The Hall–Kier alpha value is -1.52. The molecule has 2 unspecified atom stereocenters. The van der Waals surface area contributed by atoms with Gasteiger partial charge in [0.15, 0.2) is 0 Å². The summed E-state index contributed by atoms with van der Waals surface area (Å²) in [4.78, 5) is 15.5. The van der Waals surface area contributed by atoms with E-state index in [9.17, 15) is 9.90 Å². The summed E-state index contributed by atoms with van der Waals surface area (Å²) in [7, 11) is 1.90. The first-order valence-electron chi connectivity index (χ1n) is 6.15. The van der Waals surface area contributed by atoms with Crippen LogP contribution in [-0.4, -0.2) is 26.7 Å². The van der Waals surface area contributed by atoms with Gasteiger partial charge < -0.3 is 15.0 Å². The van der Waals surface area contributed by atoms with Gasteiger partial charge in [0.1, 0.15) is 0 Å². The SMILES string of the molecule is Cn1ccnc1NC1CCCCCC1C(=O)O. The first-order chi connectivity index (χ1) is 8.18. The molecule has 17 heavy (non-hydrogen) atoms. The van der Waals surface area contributed by atoms with Crippen molar-refractivity contribution in [1.29, 1.82) is 0 Å². The van der Waals surface area contributed by atoms with E-state index in [0.717, 1.165) is 38.1 Å². The predicted molar refractivity (Wildman–Crippen MR) is 64.8 cm³/mol. The van der Waals surface area contributed by atoms with Gasteiger partial charge in [0.05, 0.1) is 5.92 Å². The minimum Gasteiger partial charge on any atom is -0.481 e. The molecule has 0 radical (unpaired) electrons. The summed E-state index contributed by atoms with van der Waals surface area (Å²) in [6, 6.07) is -0.00361. The highest BCUT2D eigenvalue weighted by molar-refractivity contribution is 5.71. The van der Waals surface area contributed by atoms with Crippen LogP contribution < -0.4 is 5.32 Å². The molecule has 1 fully saturated rings. The van der Waals surface area contributed by atoms with Crippen molar-refractivity contribution in [2.24, 2.45) is 13.0 Å². The summed E-state index contributed by atoms with van der Waals surface area (Å²) < 4.78 is 1.88. The largest absolute Gasteiger partial charge is 0.481 e. The number of imidazole rings is 1. The lowest BCUT2D eigenvalue weighted by Gasteiger charge is -2.23. The second kappa shape index (κ2) is 5.21. The molecule has 1 aliphatic carbocycles. The van der Waals surface area contributed by atoms with Gasteiger partial charge in [0.2, 0.25) is 5.95 Å². The lowest BCUT2D eigenvalue weighted by Crippen LogP contribution is -2.34.